The summed E-state index contributed by atoms with van der Waals surface area (Å²) in [7, 11) is 5.49. The number of likely N-dealkylation sites (N-methyl/N-ethyl adjacent to an activating group) is 2. The predicted octanol–water partition coefficient (Wildman–Crippen LogP) is 3.33. The van der Waals surface area contributed by atoms with Crippen LogP contribution in [0.5, 0.6) is 0 Å². The zero-order valence-corrected chi connectivity index (χ0v) is 25.8. The number of benzene rings is 3. The maximum absolute atomic E-state index is 11.8. The molecule has 0 aliphatic carbocycles. The highest BCUT2D eigenvalue weighted by Gasteiger charge is 2.17. The Bertz CT molecular complexity index is 1510. The quantitative estimate of drug-likeness (QED) is 0.115. The molecule has 2 N–H and O–H groups in total. The van der Waals surface area contributed by atoms with Crippen LogP contribution in [0, 0.1) is 20.2 Å². The summed E-state index contributed by atoms with van der Waals surface area (Å²) >= 11 is 5.13. The van der Waals surface area contributed by atoms with E-state index in [1.807, 2.05) is 0 Å². The number of non-ortho nitro benzene ring substituents is 2. The number of nitro groups is 2. The average Bonchev–Trinajstić information content (AvgIpc) is 3.04. The van der Waals surface area contributed by atoms with Gasteiger partial charge >= 0.3 is 11.9 Å². The van der Waals surface area contributed by atoms with Crippen LogP contribution in [-0.2, 0) is 19.1 Å². The molecule has 0 fully saturated rings. The summed E-state index contributed by atoms with van der Waals surface area (Å²) < 4.78 is 8.91. The SMILES string of the molecule is COC(=O)CN(C)C(=O)c1ccc(N)cc1.COC(=O)CN(C)C(=O)c1ccc([N+](=O)[O-])cc1.O=C(Cl)c1ccc([N+](=O)[O-])cc1. The molecule has 0 unspecified atom stereocenters. The molecule has 244 valence electrons. The molecule has 3 rings (SSSR count). The fourth-order valence-electron chi connectivity index (χ4n) is 3.17. The van der Waals surface area contributed by atoms with Gasteiger partial charge in [0.15, 0.2) is 0 Å². The van der Waals surface area contributed by atoms with Gasteiger partial charge in [-0.2, -0.15) is 0 Å². The third-order valence-electron chi connectivity index (χ3n) is 5.67. The molecule has 0 saturated carbocycles. The molecule has 0 bridgehead atoms. The van der Waals surface area contributed by atoms with Crippen LogP contribution in [0.3, 0.4) is 0 Å². The highest BCUT2D eigenvalue weighted by atomic mass is 35.5. The molecule has 0 aliphatic heterocycles. The van der Waals surface area contributed by atoms with Crippen molar-refractivity contribution >= 4 is 57.7 Å². The number of anilines is 1. The summed E-state index contributed by atoms with van der Waals surface area (Å²) in [6, 6.07) is 16.8. The van der Waals surface area contributed by atoms with Gasteiger partial charge in [0, 0.05) is 60.7 Å². The molecule has 0 saturated heterocycles. The lowest BCUT2D eigenvalue weighted by Gasteiger charge is -2.15. The molecular formula is C29H30ClN5O11. The number of halogens is 1. The smallest absolute Gasteiger partial charge is 0.325 e. The lowest BCUT2D eigenvalue weighted by Crippen LogP contribution is -2.32. The topological polar surface area (TPSA) is 223 Å². The van der Waals surface area contributed by atoms with Crippen molar-refractivity contribution in [1.82, 2.24) is 9.80 Å². The van der Waals surface area contributed by atoms with Crippen molar-refractivity contribution in [3.8, 4) is 0 Å². The Kier molecular flexibility index (Phi) is 15.5. The second-order valence-electron chi connectivity index (χ2n) is 8.98. The number of hydrogen-bond acceptors (Lipinski definition) is 12. The number of nitrogens with two attached hydrogens (primary N) is 1. The summed E-state index contributed by atoms with van der Waals surface area (Å²) in [4.78, 5) is 78.1. The van der Waals surface area contributed by atoms with Crippen molar-refractivity contribution in [1.29, 1.82) is 0 Å². The van der Waals surface area contributed by atoms with Crippen molar-refractivity contribution in [2.45, 2.75) is 0 Å². The van der Waals surface area contributed by atoms with E-state index in [9.17, 15) is 44.2 Å². The van der Waals surface area contributed by atoms with Crippen molar-refractivity contribution in [3.05, 3.63) is 110 Å². The number of ether oxygens (including phenoxy) is 2. The summed E-state index contributed by atoms with van der Waals surface area (Å²) in [6.45, 7) is -0.244. The Balaban J connectivity index is 0.000000352. The summed E-state index contributed by atoms with van der Waals surface area (Å²) in [5, 5.41) is 20.0. The number of esters is 2. The van der Waals surface area contributed by atoms with Crippen molar-refractivity contribution in [2.24, 2.45) is 0 Å². The van der Waals surface area contributed by atoms with Crippen LogP contribution < -0.4 is 5.73 Å². The third-order valence-corrected chi connectivity index (χ3v) is 5.89. The highest BCUT2D eigenvalue weighted by molar-refractivity contribution is 6.67. The molecule has 0 aliphatic rings. The first kappa shape index (κ1) is 38.1. The molecule has 0 atom stereocenters. The molecule has 0 aromatic heterocycles. The Labute approximate surface area is 267 Å². The minimum Gasteiger partial charge on any atom is -0.468 e. The summed E-state index contributed by atoms with van der Waals surface area (Å²) in [5.41, 5.74) is 6.95. The normalized spacial score (nSPS) is 9.59. The van der Waals surface area contributed by atoms with Gasteiger partial charge in [0.05, 0.1) is 24.1 Å². The number of carbonyl (C=O) groups is 5. The average molecular weight is 660 g/mol. The van der Waals surface area contributed by atoms with Crippen LogP contribution in [0.25, 0.3) is 0 Å². The van der Waals surface area contributed by atoms with E-state index in [2.05, 4.69) is 9.47 Å². The van der Waals surface area contributed by atoms with Gasteiger partial charge in [-0.1, -0.05) is 0 Å². The first-order valence-electron chi connectivity index (χ1n) is 12.8. The molecule has 2 amide bonds. The number of carbonyl (C=O) groups excluding carboxylic acids is 5. The third kappa shape index (κ3) is 12.8. The number of amides is 2. The second kappa shape index (κ2) is 18.7. The van der Waals surface area contributed by atoms with Gasteiger partial charge in [0.2, 0.25) is 0 Å². The Morgan fingerprint density at radius 2 is 0.957 bits per heavy atom. The van der Waals surface area contributed by atoms with E-state index in [1.54, 1.807) is 24.3 Å². The van der Waals surface area contributed by atoms with Gasteiger partial charge in [-0.3, -0.25) is 44.2 Å². The number of nitrogen functional groups attached to an aromatic ring is 1. The number of methoxy groups -OCH3 is 2. The summed E-state index contributed by atoms with van der Waals surface area (Å²) in [5.74, 6) is -1.64. The van der Waals surface area contributed by atoms with E-state index in [0.29, 0.717) is 11.3 Å². The van der Waals surface area contributed by atoms with Gasteiger partial charge < -0.3 is 25.0 Å². The van der Waals surface area contributed by atoms with E-state index in [1.165, 1.54) is 86.6 Å². The van der Waals surface area contributed by atoms with E-state index in [0.717, 1.165) is 0 Å². The fourth-order valence-corrected chi connectivity index (χ4v) is 3.29. The maximum atomic E-state index is 11.8. The van der Waals surface area contributed by atoms with Crippen LogP contribution in [-0.4, -0.2) is 90.0 Å². The lowest BCUT2D eigenvalue weighted by atomic mass is 10.2. The van der Waals surface area contributed by atoms with Crippen molar-refractivity contribution in [3.63, 3.8) is 0 Å². The van der Waals surface area contributed by atoms with Crippen LogP contribution in [0.2, 0.25) is 0 Å². The largest absolute Gasteiger partial charge is 0.468 e. The molecule has 3 aromatic rings. The standard InChI is InChI=1S/C11H12N2O5.C11H14N2O3.C7H4ClNO3/c1-12(7-10(14)18-2)11(15)8-3-5-9(6-4-8)13(16)17;1-13(7-10(14)16-2)11(15)8-3-5-9(12)6-4-8;8-7(10)5-1-3-6(4-2-5)9(11)12/h3-6H,7H2,1-2H3;3-6H,7,12H2,1-2H3;1-4H. The molecule has 16 nitrogen and oxygen atoms in total. The molecule has 0 spiro atoms. The minimum atomic E-state index is -0.620. The van der Waals surface area contributed by atoms with Crippen LogP contribution >= 0.6 is 11.6 Å². The zero-order chi connectivity index (χ0) is 35.0. The van der Waals surface area contributed by atoms with E-state index >= 15 is 0 Å². The molecule has 0 radical (unpaired) electrons. The predicted molar refractivity (Wildman–Crippen MR) is 165 cm³/mol. The fraction of sp³-hybridized carbons (Fsp3) is 0.207. The monoisotopic (exact) mass is 659 g/mol. The van der Waals surface area contributed by atoms with Gasteiger partial charge in [0.25, 0.3) is 28.4 Å². The number of nitro benzene ring substituents is 2. The van der Waals surface area contributed by atoms with Crippen molar-refractivity contribution < 1.29 is 43.3 Å². The Morgan fingerprint density at radius 3 is 1.24 bits per heavy atom. The van der Waals surface area contributed by atoms with Gasteiger partial charge in [-0.15, -0.1) is 0 Å². The van der Waals surface area contributed by atoms with E-state index in [-0.39, 0.29) is 41.5 Å². The lowest BCUT2D eigenvalue weighted by molar-refractivity contribution is -0.385. The Hall–Kier alpha value is -5.90. The number of hydrogen-bond donors (Lipinski definition) is 1. The Morgan fingerprint density at radius 1 is 0.652 bits per heavy atom. The first-order chi connectivity index (χ1) is 21.6. The van der Waals surface area contributed by atoms with Gasteiger partial charge in [0.1, 0.15) is 13.1 Å². The molecule has 46 heavy (non-hydrogen) atoms. The second-order valence-corrected chi connectivity index (χ2v) is 9.32. The molecular weight excluding hydrogens is 630 g/mol. The van der Waals surface area contributed by atoms with Crippen molar-refractivity contribution in [2.75, 3.05) is 47.1 Å². The van der Waals surface area contributed by atoms with Crippen LogP contribution in [0.15, 0.2) is 72.8 Å². The first-order valence-corrected chi connectivity index (χ1v) is 13.2. The maximum Gasteiger partial charge on any atom is 0.325 e. The molecule has 0 heterocycles. The van der Waals surface area contributed by atoms with Crippen LogP contribution in [0.4, 0.5) is 17.1 Å². The number of nitrogens with zero attached hydrogens (tertiary/aromatic N) is 4. The minimum absolute atomic E-state index is 0.0586. The van der Waals surface area contributed by atoms with E-state index < -0.39 is 32.9 Å². The van der Waals surface area contributed by atoms with Crippen LogP contribution in [0.1, 0.15) is 31.1 Å². The zero-order valence-electron chi connectivity index (χ0n) is 25.1. The molecule has 3 aromatic carbocycles. The number of rotatable bonds is 9. The van der Waals surface area contributed by atoms with Gasteiger partial charge in [-0.25, -0.2) is 0 Å². The summed E-state index contributed by atoms with van der Waals surface area (Å²) in [6.07, 6.45) is 0. The highest BCUT2D eigenvalue weighted by Crippen LogP contribution is 2.14. The molecule has 17 heteroatoms. The van der Waals surface area contributed by atoms with E-state index in [4.69, 9.17) is 17.3 Å². The van der Waals surface area contributed by atoms with Gasteiger partial charge in [-0.05, 0) is 60.1 Å².